The summed E-state index contributed by atoms with van der Waals surface area (Å²) in [5.41, 5.74) is 4.35. The maximum Gasteiger partial charge on any atom is 0.251 e. The van der Waals surface area contributed by atoms with Crippen molar-refractivity contribution in [2.24, 2.45) is 5.92 Å². The molecule has 8 nitrogen and oxygen atoms in total. The predicted octanol–water partition coefficient (Wildman–Crippen LogP) is 4.76. The number of ether oxygens (including phenoxy) is 2. The van der Waals surface area contributed by atoms with Gasteiger partial charge in [-0.05, 0) is 81.4 Å². The Morgan fingerprint density at radius 2 is 1.92 bits per heavy atom. The monoisotopic (exact) mass is 489 g/mol. The summed E-state index contributed by atoms with van der Waals surface area (Å²) in [5, 5.41) is 11.4. The van der Waals surface area contributed by atoms with Crippen molar-refractivity contribution in [3.05, 3.63) is 41.6 Å². The van der Waals surface area contributed by atoms with Crippen molar-refractivity contribution in [1.29, 1.82) is 0 Å². The summed E-state index contributed by atoms with van der Waals surface area (Å²) in [7, 11) is 0. The number of rotatable bonds is 8. The minimum Gasteiger partial charge on any atom is -0.474 e. The summed E-state index contributed by atoms with van der Waals surface area (Å²) in [6.07, 6.45) is 10.9. The van der Waals surface area contributed by atoms with Gasteiger partial charge in [0.25, 0.3) is 5.91 Å². The van der Waals surface area contributed by atoms with E-state index in [4.69, 9.17) is 19.6 Å². The number of nitrogens with one attached hydrogen (secondary N) is 2. The number of benzene rings is 1. The van der Waals surface area contributed by atoms with Crippen LogP contribution in [0.15, 0.2) is 30.5 Å². The van der Waals surface area contributed by atoms with Gasteiger partial charge in [0.2, 0.25) is 5.88 Å². The first-order valence-corrected chi connectivity index (χ1v) is 13.4. The van der Waals surface area contributed by atoms with Crippen LogP contribution in [0.25, 0.3) is 16.8 Å². The highest BCUT2D eigenvalue weighted by Crippen LogP contribution is 2.31. The molecule has 36 heavy (non-hydrogen) atoms. The lowest BCUT2D eigenvalue weighted by Gasteiger charge is -2.23. The van der Waals surface area contributed by atoms with E-state index in [1.54, 1.807) is 0 Å². The average Bonchev–Trinajstić information content (AvgIpc) is 3.36. The smallest absolute Gasteiger partial charge is 0.251 e. The number of carbonyl (C=O) groups is 1. The molecule has 2 N–H and O–H groups in total. The van der Waals surface area contributed by atoms with E-state index < -0.39 is 0 Å². The van der Waals surface area contributed by atoms with E-state index in [9.17, 15) is 4.79 Å². The molecule has 2 aliphatic carbocycles. The van der Waals surface area contributed by atoms with Gasteiger partial charge in [-0.15, -0.1) is 0 Å². The second-order valence-electron chi connectivity index (χ2n) is 10.5. The van der Waals surface area contributed by atoms with Crippen LogP contribution in [-0.4, -0.2) is 52.4 Å². The molecule has 3 aliphatic rings. The van der Waals surface area contributed by atoms with Crippen molar-refractivity contribution < 1.29 is 14.3 Å². The van der Waals surface area contributed by atoms with E-state index >= 15 is 0 Å². The van der Waals surface area contributed by atoms with Crippen LogP contribution in [0, 0.1) is 12.8 Å². The number of anilines is 1. The van der Waals surface area contributed by atoms with Gasteiger partial charge in [-0.1, -0.05) is 12.1 Å². The second kappa shape index (κ2) is 10.1. The van der Waals surface area contributed by atoms with Crippen LogP contribution >= 0.6 is 0 Å². The number of hydrogen-bond donors (Lipinski definition) is 2. The molecule has 0 radical (unpaired) electrons. The minimum atomic E-state index is 0.00591. The highest BCUT2D eigenvalue weighted by atomic mass is 16.5. The zero-order valence-electron chi connectivity index (χ0n) is 21.0. The molecular formula is C28H35N5O3. The maximum atomic E-state index is 12.6. The van der Waals surface area contributed by atoms with Crippen molar-refractivity contribution in [1.82, 2.24) is 19.9 Å². The zero-order valence-corrected chi connectivity index (χ0v) is 21.0. The van der Waals surface area contributed by atoms with Crippen LogP contribution in [0.1, 0.15) is 67.3 Å². The minimum absolute atomic E-state index is 0.00591. The summed E-state index contributed by atoms with van der Waals surface area (Å²) in [4.78, 5) is 17.5. The number of nitrogens with zero attached hydrogens (tertiary/aromatic N) is 3. The van der Waals surface area contributed by atoms with Gasteiger partial charge in [0.05, 0.1) is 6.20 Å². The molecule has 2 aromatic heterocycles. The first kappa shape index (κ1) is 23.3. The van der Waals surface area contributed by atoms with Crippen molar-refractivity contribution >= 4 is 17.4 Å². The van der Waals surface area contributed by atoms with Crippen LogP contribution < -0.4 is 15.4 Å². The first-order chi connectivity index (χ1) is 17.6. The number of aromatic nitrogens is 3. The third-order valence-electron chi connectivity index (χ3n) is 7.65. The van der Waals surface area contributed by atoms with Crippen LogP contribution in [0.5, 0.6) is 5.88 Å². The van der Waals surface area contributed by atoms with Crippen LogP contribution in [0.3, 0.4) is 0 Å². The number of fused-ring (bicyclic) bond motifs is 1. The van der Waals surface area contributed by atoms with Crippen molar-refractivity contribution in [3.63, 3.8) is 0 Å². The fourth-order valence-corrected chi connectivity index (χ4v) is 5.28. The molecule has 0 bridgehead atoms. The number of amides is 1. The maximum absolute atomic E-state index is 12.6. The Bertz CT molecular complexity index is 1240. The van der Waals surface area contributed by atoms with Crippen LogP contribution in [-0.2, 0) is 4.74 Å². The first-order valence-electron chi connectivity index (χ1n) is 13.4. The molecule has 0 atom stereocenters. The molecule has 1 amide bonds. The summed E-state index contributed by atoms with van der Waals surface area (Å²) in [6.45, 7) is 4.51. The second-order valence-corrected chi connectivity index (χ2v) is 10.5. The lowest BCUT2D eigenvalue weighted by atomic mass is 10.0. The Morgan fingerprint density at radius 3 is 2.67 bits per heavy atom. The van der Waals surface area contributed by atoms with Gasteiger partial charge < -0.3 is 20.1 Å². The van der Waals surface area contributed by atoms with Gasteiger partial charge >= 0.3 is 0 Å². The third-order valence-corrected chi connectivity index (χ3v) is 7.65. The molecule has 3 aromatic rings. The largest absolute Gasteiger partial charge is 0.474 e. The Balaban J connectivity index is 1.31. The van der Waals surface area contributed by atoms with E-state index in [0.29, 0.717) is 17.8 Å². The van der Waals surface area contributed by atoms with E-state index in [2.05, 4.69) is 16.7 Å². The molecule has 3 heterocycles. The summed E-state index contributed by atoms with van der Waals surface area (Å²) < 4.78 is 13.7. The predicted molar refractivity (Wildman–Crippen MR) is 139 cm³/mol. The highest BCUT2D eigenvalue weighted by Gasteiger charge is 2.25. The SMILES string of the molecule is Cc1cc(-c2cnn3c(NCC4CCOCC4)cc(OC4CCCC4)nc23)ccc1C(=O)NC1CC1. The molecule has 1 saturated heterocycles. The number of carbonyl (C=O) groups excluding carboxylic acids is 1. The normalized spacial score (nSPS) is 19.0. The topological polar surface area (TPSA) is 89.8 Å². The van der Waals surface area contributed by atoms with Crippen molar-refractivity contribution in [3.8, 4) is 17.0 Å². The highest BCUT2D eigenvalue weighted by molar-refractivity contribution is 5.97. The average molecular weight is 490 g/mol. The molecule has 2 saturated carbocycles. The Kier molecular flexibility index (Phi) is 6.52. The molecule has 8 heteroatoms. The molecule has 0 unspecified atom stereocenters. The van der Waals surface area contributed by atoms with Gasteiger partial charge in [0, 0.05) is 43.0 Å². The standard InChI is InChI=1S/C28H35N5O3/c1-18-14-20(6-9-23(18)28(34)31-21-7-8-21)24-17-30-33-25(29-16-19-10-12-35-13-11-19)15-26(32-27(24)33)36-22-4-2-3-5-22/h6,9,14-15,17,19,21-22,29H,2-5,7-8,10-13,16H2,1H3,(H,31,34). The van der Waals surface area contributed by atoms with E-state index in [1.807, 2.05) is 35.8 Å². The lowest BCUT2D eigenvalue weighted by molar-refractivity contribution is 0.0699. The zero-order chi connectivity index (χ0) is 24.5. The molecule has 1 aliphatic heterocycles. The molecular weight excluding hydrogens is 454 g/mol. The van der Waals surface area contributed by atoms with Crippen molar-refractivity contribution in [2.75, 3.05) is 25.1 Å². The number of hydrogen-bond acceptors (Lipinski definition) is 6. The van der Waals surface area contributed by atoms with Crippen molar-refractivity contribution in [2.45, 2.75) is 70.4 Å². The molecule has 0 spiro atoms. The van der Waals surface area contributed by atoms with Crippen LogP contribution in [0.2, 0.25) is 0 Å². The molecule has 3 fully saturated rings. The summed E-state index contributed by atoms with van der Waals surface area (Å²) in [6, 6.07) is 8.28. The molecule has 190 valence electrons. The van der Waals surface area contributed by atoms with Gasteiger partial charge in [0.15, 0.2) is 5.65 Å². The van der Waals surface area contributed by atoms with E-state index in [1.165, 1.54) is 12.8 Å². The fraction of sp³-hybridized carbons (Fsp3) is 0.536. The number of aryl methyl sites for hydroxylation is 1. The summed E-state index contributed by atoms with van der Waals surface area (Å²) in [5.74, 6) is 2.12. The van der Waals surface area contributed by atoms with E-state index in [-0.39, 0.29) is 12.0 Å². The fourth-order valence-electron chi connectivity index (χ4n) is 5.28. The van der Waals surface area contributed by atoms with Crippen LogP contribution in [0.4, 0.5) is 5.82 Å². The third kappa shape index (κ3) is 5.05. The van der Waals surface area contributed by atoms with Gasteiger partial charge in [-0.2, -0.15) is 14.6 Å². The van der Waals surface area contributed by atoms with Gasteiger partial charge in [-0.25, -0.2) is 0 Å². The molecule has 6 rings (SSSR count). The van der Waals surface area contributed by atoms with Gasteiger partial charge in [0.1, 0.15) is 11.9 Å². The lowest BCUT2D eigenvalue weighted by Crippen LogP contribution is -2.26. The quantitative estimate of drug-likeness (QED) is 0.474. The van der Waals surface area contributed by atoms with E-state index in [0.717, 1.165) is 92.0 Å². The van der Waals surface area contributed by atoms with Gasteiger partial charge in [-0.3, -0.25) is 4.79 Å². The Morgan fingerprint density at radius 1 is 1.11 bits per heavy atom. The summed E-state index contributed by atoms with van der Waals surface area (Å²) >= 11 is 0. The Labute approximate surface area is 211 Å². The Hall–Kier alpha value is -3.13. The molecule has 1 aromatic carbocycles.